The molecule has 0 radical (unpaired) electrons. The molecule has 16 heteroatoms. The van der Waals surface area contributed by atoms with E-state index in [0.29, 0.717) is 32.5 Å². The van der Waals surface area contributed by atoms with Gasteiger partial charge < -0.3 is 25.9 Å². The van der Waals surface area contributed by atoms with Gasteiger partial charge in [0.25, 0.3) is 11.8 Å². The van der Waals surface area contributed by atoms with Crippen LogP contribution >= 0.6 is 46.5 Å². The fourth-order valence-corrected chi connectivity index (χ4v) is 15.6. The van der Waals surface area contributed by atoms with Crippen molar-refractivity contribution in [1.29, 1.82) is 0 Å². The molecule has 444 valence electrons. The molecule has 3 atom stereocenters. The SMILES string of the molecule is CNCCSCc1ncccc1SC1=C(C(=O)O)N2C(=O)C(NC(=O)C(=NOC(c3ccccc3)(c3ccccc3)c3ccccc3)c3nc(NC(c4ccccc4)(c4ccccc4)c4ccccc4)sc3Cl)C2CC1C(c1ccccc1)c1ccccc1. The van der Waals surface area contributed by atoms with E-state index in [2.05, 4.69) is 76.6 Å². The number of carboxylic acids is 1. The normalized spacial score (nSPS) is 15.9. The molecule has 89 heavy (non-hydrogen) atoms. The fraction of sp³-hybridized carbons (Fsp3) is 0.151. The van der Waals surface area contributed by atoms with Gasteiger partial charge in [-0.25, -0.2) is 9.78 Å². The standard InChI is InChI=1S/C73H62ClN7O5S3/c1-75-45-46-87-48-58-60(43-26-44-76-58)88-66-57(61(49-27-10-2-11-28-49)50-29-12-3-13-30-50)47-59-62(69(83)81(59)65(66)70(84)85)77-68(82)64(80-86-73(54-37-20-7-21-38-54,55-39-22-8-23-40-55)56-41-24-9-25-42-56)63-67(74)89-71(78-63)79-72(51-31-14-4-15-32-51,52-33-16-5-17-34-52)53-35-18-6-19-36-53/h2-44,57,59,61-62,75H,45-48H2,1H3,(H,77,82)(H,78,79)(H,84,85). The second-order valence-corrected chi connectivity index (χ2v) is 25.3. The van der Waals surface area contributed by atoms with E-state index in [4.69, 9.17) is 31.6 Å². The molecule has 1 saturated heterocycles. The van der Waals surface area contributed by atoms with E-state index in [1.165, 1.54) is 16.7 Å². The number of allylic oxidation sites excluding steroid dienone is 1. The van der Waals surface area contributed by atoms with E-state index in [1.54, 1.807) is 18.0 Å². The zero-order valence-electron chi connectivity index (χ0n) is 48.4. The Morgan fingerprint density at radius 3 is 1.63 bits per heavy atom. The number of hydrogen-bond acceptors (Lipinski definition) is 12. The average Bonchev–Trinajstić information content (AvgIpc) is 1.04. The Morgan fingerprint density at radius 1 is 0.685 bits per heavy atom. The number of nitrogens with zero attached hydrogens (tertiary/aromatic N) is 4. The van der Waals surface area contributed by atoms with Gasteiger partial charge in [-0.2, -0.15) is 11.8 Å². The Bertz CT molecular complexity index is 3890. The van der Waals surface area contributed by atoms with E-state index in [1.807, 2.05) is 201 Å². The Labute approximate surface area is 535 Å². The molecular weight excluding hydrogens is 1190 g/mol. The lowest BCUT2D eigenvalue weighted by Gasteiger charge is -2.53. The minimum absolute atomic E-state index is 0.0117. The number of amides is 2. The van der Waals surface area contributed by atoms with Gasteiger partial charge in [-0.3, -0.25) is 19.5 Å². The quantitative estimate of drug-likeness (QED) is 0.0150. The number of aromatic nitrogens is 2. The monoisotopic (exact) mass is 1250 g/mol. The first kappa shape index (κ1) is 60.2. The topological polar surface area (TPSA) is 158 Å². The molecular formula is C73H62ClN7O5S3. The summed E-state index contributed by atoms with van der Waals surface area (Å²) >= 11 is 11.7. The summed E-state index contributed by atoms with van der Waals surface area (Å²) in [5, 5.41) is 27.0. The summed E-state index contributed by atoms with van der Waals surface area (Å²) in [7, 11) is 1.91. The van der Waals surface area contributed by atoms with Gasteiger partial charge in [0.05, 0.1) is 11.7 Å². The van der Waals surface area contributed by atoms with Crippen LogP contribution in [0.15, 0.2) is 282 Å². The number of carbonyl (C=O) groups excluding carboxylic acids is 2. The minimum atomic E-state index is -1.46. The van der Waals surface area contributed by atoms with Crippen molar-refractivity contribution in [3.63, 3.8) is 0 Å². The number of carboxylic acid groups (broad SMARTS) is 1. The van der Waals surface area contributed by atoms with Gasteiger partial charge in [0.2, 0.25) is 5.60 Å². The molecule has 0 aliphatic carbocycles. The van der Waals surface area contributed by atoms with Crippen LogP contribution in [0.2, 0.25) is 4.34 Å². The molecule has 0 bridgehead atoms. The number of fused-ring (bicyclic) bond motifs is 1. The summed E-state index contributed by atoms with van der Waals surface area (Å²) in [6, 6.07) is 80.9. The molecule has 12 nitrogen and oxygen atoms in total. The van der Waals surface area contributed by atoms with E-state index in [0.717, 1.165) is 62.0 Å². The van der Waals surface area contributed by atoms with Crippen molar-refractivity contribution < 1.29 is 24.3 Å². The number of oxime groups is 1. The van der Waals surface area contributed by atoms with E-state index >= 15 is 9.59 Å². The van der Waals surface area contributed by atoms with Gasteiger partial charge in [0.1, 0.15) is 27.3 Å². The zero-order chi connectivity index (χ0) is 61.2. The zero-order valence-corrected chi connectivity index (χ0v) is 51.6. The van der Waals surface area contributed by atoms with Crippen LogP contribution in [-0.2, 0) is 36.1 Å². The lowest BCUT2D eigenvalue weighted by Crippen LogP contribution is -2.73. The summed E-state index contributed by atoms with van der Waals surface area (Å²) in [6.07, 6.45) is 2.02. The molecule has 2 aromatic heterocycles. The molecule has 2 aliphatic heterocycles. The highest BCUT2D eigenvalue weighted by molar-refractivity contribution is 8.03. The maximum atomic E-state index is 16.0. The van der Waals surface area contributed by atoms with Gasteiger partial charge in [-0.1, -0.05) is 283 Å². The number of β-lactam (4-membered cyclic amide) rings is 1. The van der Waals surface area contributed by atoms with E-state index < -0.39 is 46.9 Å². The molecule has 1 fully saturated rings. The first-order valence-electron chi connectivity index (χ1n) is 29.3. The highest BCUT2D eigenvalue weighted by Gasteiger charge is 2.57. The summed E-state index contributed by atoms with van der Waals surface area (Å²) in [4.78, 5) is 65.2. The lowest BCUT2D eigenvalue weighted by molar-refractivity contribution is -0.156. The summed E-state index contributed by atoms with van der Waals surface area (Å²) < 4.78 is 0.110. The molecule has 2 amide bonds. The molecule has 4 N–H and O–H groups in total. The Balaban J connectivity index is 0.994. The molecule has 3 unspecified atom stereocenters. The van der Waals surface area contributed by atoms with Crippen molar-refractivity contribution >= 4 is 75.1 Å². The second kappa shape index (κ2) is 27.5. The van der Waals surface area contributed by atoms with Crippen molar-refractivity contribution in [2.24, 2.45) is 11.1 Å². The van der Waals surface area contributed by atoms with Crippen LogP contribution in [0.4, 0.5) is 5.13 Å². The molecule has 0 saturated carbocycles. The Kier molecular flexibility index (Phi) is 18.6. The summed E-state index contributed by atoms with van der Waals surface area (Å²) in [5.41, 5.74) is 4.64. The smallest absolute Gasteiger partial charge is 0.353 e. The number of thioether (sulfide) groups is 2. The number of halogens is 1. The maximum absolute atomic E-state index is 16.0. The van der Waals surface area contributed by atoms with Crippen molar-refractivity contribution in [2.75, 3.05) is 24.7 Å². The number of anilines is 1. The third-order valence-electron chi connectivity index (χ3n) is 16.3. The van der Waals surface area contributed by atoms with E-state index in [-0.39, 0.29) is 33.8 Å². The molecule has 12 rings (SSSR count). The highest BCUT2D eigenvalue weighted by atomic mass is 35.5. The number of benzene rings is 8. The molecule has 2 aliphatic rings. The largest absolute Gasteiger partial charge is 0.477 e. The van der Waals surface area contributed by atoms with Crippen LogP contribution < -0.4 is 16.0 Å². The minimum Gasteiger partial charge on any atom is -0.477 e. The number of hydrogen-bond donors (Lipinski definition) is 4. The maximum Gasteiger partial charge on any atom is 0.353 e. The van der Waals surface area contributed by atoms with Crippen LogP contribution in [0.25, 0.3) is 0 Å². The van der Waals surface area contributed by atoms with Crippen LogP contribution in [0.1, 0.15) is 68.2 Å². The van der Waals surface area contributed by atoms with Gasteiger partial charge >= 0.3 is 5.97 Å². The van der Waals surface area contributed by atoms with Crippen LogP contribution in [0, 0.1) is 5.92 Å². The number of carbonyl (C=O) groups is 3. The van der Waals surface area contributed by atoms with Crippen LogP contribution in [0.5, 0.6) is 0 Å². The Hall–Kier alpha value is -9.09. The van der Waals surface area contributed by atoms with Crippen molar-refractivity contribution in [3.8, 4) is 0 Å². The number of rotatable bonds is 24. The van der Waals surface area contributed by atoms with Gasteiger partial charge in [0.15, 0.2) is 10.8 Å². The highest BCUT2D eigenvalue weighted by Crippen LogP contribution is 2.53. The van der Waals surface area contributed by atoms with Crippen molar-refractivity contribution in [1.82, 2.24) is 25.5 Å². The number of aliphatic carboxylic acids is 1. The second-order valence-electron chi connectivity index (χ2n) is 21.5. The third kappa shape index (κ3) is 12.3. The predicted octanol–water partition coefficient (Wildman–Crippen LogP) is 14.4. The summed E-state index contributed by atoms with van der Waals surface area (Å²) in [6.45, 7) is 0.812. The number of pyridine rings is 1. The van der Waals surface area contributed by atoms with Crippen LogP contribution in [0.3, 0.4) is 0 Å². The number of nitrogens with one attached hydrogen (secondary N) is 3. The Morgan fingerprint density at radius 2 is 1.16 bits per heavy atom. The molecule has 8 aromatic carbocycles. The fourth-order valence-electron chi connectivity index (χ4n) is 12.2. The van der Waals surface area contributed by atoms with Crippen molar-refractivity contribution in [2.45, 2.75) is 46.2 Å². The molecule has 0 spiro atoms. The van der Waals surface area contributed by atoms with Gasteiger partial charge in [-0.05, 0) is 53.4 Å². The predicted molar refractivity (Wildman–Crippen MR) is 357 cm³/mol. The molecule has 4 heterocycles. The number of thiazole rings is 1. The van der Waals surface area contributed by atoms with Crippen LogP contribution in [-0.4, -0.2) is 74.9 Å². The first-order valence-corrected chi connectivity index (χ1v) is 32.5. The lowest BCUT2D eigenvalue weighted by atomic mass is 9.71. The third-order valence-corrected chi connectivity index (χ3v) is 19.7. The average molecular weight is 1250 g/mol. The first-order chi connectivity index (χ1) is 43.7. The molecule has 10 aromatic rings. The summed E-state index contributed by atoms with van der Waals surface area (Å²) in [5.74, 6) is -2.14. The van der Waals surface area contributed by atoms with E-state index in [9.17, 15) is 9.90 Å². The van der Waals surface area contributed by atoms with Crippen molar-refractivity contribution in [3.05, 3.63) is 332 Å². The van der Waals surface area contributed by atoms with Gasteiger partial charge in [-0.15, -0.1) is 0 Å². The van der Waals surface area contributed by atoms with Gasteiger partial charge in [0, 0.05) is 62.6 Å².